The normalized spacial score (nSPS) is 10.6. The molecule has 0 unspecified atom stereocenters. The smallest absolute Gasteiger partial charge is 0.323 e. The summed E-state index contributed by atoms with van der Waals surface area (Å²) in [7, 11) is 1.56. The molecule has 0 radical (unpaired) electrons. The van der Waals surface area contributed by atoms with Gasteiger partial charge in [-0.15, -0.1) is 24.8 Å². The summed E-state index contributed by atoms with van der Waals surface area (Å²) in [6.45, 7) is 1.65. The van der Waals surface area contributed by atoms with Crippen LogP contribution >= 0.6 is 63.9 Å². The number of aryl methyl sites for hydroxylation is 1. The number of pyridine rings is 2. The number of fused-ring (bicyclic) bond motifs is 1. The molecule has 3 heterocycles. The first-order valence-electron chi connectivity index (χ1n) is 14.1. The van der Waals surface area contributed by atoms with Crippen LogP contribution in [0.15, 0.2) is 89.9 Å². The maximum absolute atomic E-state index is 13.0. The third-order valence-corrected chi connectivity index (χ3v) is 8.65. The molecule has 0 saturated carbocycles. The second kappa shape index (κ2) is 17.9. The Hall–Kier alpha value is -4.33. The fraction of sp³-hybridized carbons (Fsp3) is 0.121. The van der Waals surface area contributed by atoms with Crippen molar-refractivity contribution in [3.05, 3.63) is 117 Å². The average Bonchev–Trinajstić information content (AvgIpc) is 3.36. The molecule has 0 fully saturated rings. The van der Waals surface area contributed by atoms with Crippen molar-refractivity contribution >= 4 is 111 Å². The minimum Gasteiger partial charge on any atom is -0.485 e. The predicted octanol–water partition coefficient (Wildman–Crippen LogP) is 7.97. The second-order valence-electron chi connectivity index (χ2n) is 10.1. The van der Waals surface area contributed by atoms with Crippen molar-refractivity contribution in [3.63, 3.8) is 0 Å². The Kier molecular flexibility index (Phi) is 14.3. The topological polar surface area (TPSA) is 130 Å². The van der Waals surface area contributed by atoms with Gasteiger partial charge in [0, 0.05) is 41.8 Å². The molecule has 0 bridgehead atoms. The van der Waals surface area contributed by atoms with Gasteiger partial charge in [0.05, 0.1) is 34.8 Å². The lowest BCUT2D eigenvalue weighted by Crippen LogP contribution is -2.37. The van der Waals surface area contributed by atoms with Crippen LogP contribution in [0.3, 0.4) is 0 Å². The fourth-order valence-electron chi connectivity index (χ4n) is 4.42. The summed E-state index contributed by atoms with van der Waals surface area (Å²) >= 11 is 16.7. The lowest BCUT2D eigenvalue weighted by Gasteiger charge is -2.21. The molecule has 16 heteroatoms. The van der Waals surface area contributed by atoms with Crippen LogP contribution in [0.4, 0.5) is 21.9 Å². The predicted molar refractivity (Wildman–Crippen MR) is 202 cm³/mol. The standard InChI is InChI=1S/C33H28BrCl2N7O4.2ClH/c1-20-31(34)43-16-4-6-27(32(43)39-20)47-19-24-25(35)12-13-26(30(24)36)42(2)29(45)18-38-28(44)14-9-21-7-10-22(11-8-21)40-33(46)41-23-5-3-15-37-17-23;;/h3-17H,18-19H2,1-2H3,(H,38,44)(H2,40,41,46);2*1H. The van der Waals surface area contributed by atoms with Gasteiger partial charge in [-0.2, -0.15) is 0 Å². The van der Waals surface area contributed by atoms with E-state index in [-0.39, 0.29) is 43.0 Å². The van der Waals surface area contributed by atoms with Crippen LogP contribution in [0.1, 0.15) is 16.8 Å². The minimum atomic E-state index is -0.462. The highest BCUT2D eigenvalue weighted by Gasteiger charge is 2.20. The zero-order valence-electron chi connectivity index (χ0n) is 25.9. The first-order chi connectivity index (χ1) is 22.6. The molecule has 0 atom stereocenters. The summed E-state index contributed by atoms with van der Waals surface area (Å²) < 4.78 is 8.74. The van der Waals surface area contributed by atoms with Crippen LogP contribution in [0.5, 0.6) is 5.75 Å². The molecule has 3 N–H and O–H groups in total. The van der Waals surface area contributed by atoms with Gasteiger partial charge >= 0.3 is 6.03 Å². The third-order valence-electron chi connectivity index (χ3n) is 6.92. The number of likely N-dealkylation sites (N-methyl/N-ethyl adjacent to an activating group) is 1. The van der Waals surface area contributed by atoms with Crippen LogP contribution in [0, 0.1) is 6.92 Å². The van der Waals surface area contributed by atoms with Crippen molar-refractivity contribution in [3.8, 4) is 5.75 Å². The van der Waals surface area contributed by atoms with Gasteiger partial charge in [0.1, 0.15) is 11.2 Å². The van der Waals surface area contributed by atoms with Gasteiger partial charge in [-0.05, 0) is 83.0 Å². The van der Waals surface area contributed by atoms with E-state index >= 15 is 0 Å². The molecule has 2 aromatic carbocycles. The average molecular weight is 810 g/mol. The van der Waals surface area contributed by atoms with Gasteiger partial charge < -0.3 is 25.6 Å². The molecule has 5 aromatic rings. The summed E-state index contributed by atoms with van der Waals surface area (Å²) in [5.74, 6) is -0.322. The Morgan fingerprint density at radius 2 is 1.73 bits per heavy atom. The maximum Gasteiger partial charge on any atom is 0.323 e. The number of halogens is 5. The van der Waals surface area contributed by atoms with Gasteiger partial charge in [-0.25, -0.2) is 9.78 Å². The monoisotopic (exact) mass is 807 g/mol. The van der Waals surface area contributed by atoms with E-state index in [0.717, 1.165) is 15.9 Å². The highest BCUT2D eigenvalue weighted by Crippen LogP contribution is 2.35. The molecule has 256 valence electrons. The van der Waals surface area contributed by atoms with E-state index in [1.165, 1.54) is 17.2 Å². The first-order valence-corrected chi connectivity index (χ1v) is 15.7. The van der Waals surface area contributed by atoms with Gasteiger partial charge in [0.25, 0.3) is 0 Å². The van der Waals surface area contributed by atoms with Crippen molar-refractivity contribution < 1.29 is 19.1 Å². The van der Waals surface area contributed by atoms with E-state index in [9.17, 15) is 14.4 Å². The number of carbonyl (C=O) groups is 3. The number of benzene rings is 2. The summed E-state index contributed by atoms with van der Waals surface area (Å²) in [6, 6.07) is 16.8. The summed E-state index contributed by atoms with van der Waals surface area (Å²) in [5, 5.41) is 8.61. The largest absolute Gasteiger partial charge is 0.485 e. The number of hydrogen-bond donors (Lipinski definition) is 3. The molecule has 5 rings (SSSR count). The van der Waals surface area contributed by atoms with E-state index < -0.39 is 17.8 Å². The van der Waals surface area contributed by atoms with Gasteiger partial charge in [0.15, 0.2) is 11.4 Å². The van der Waals surface area contributed by atoms with E-state index in [1.807, 2.05) is 23.6 Å². The Labute approximate surface area is 313 Å². The molecule has 0 saturated heterocycles. The van der Waals surface area contributed by atoms with Crippen molar-refractivity contribution in [2.24, 2.45) is 0 Å². The summed E-state index contributed by atoms with van der Waals surface area (Å²) in [4.78, 5) is 47.4. The van der Waals surface area contributed by atoms with E-state index in [4.69, 9.17) is 27.9 Å². The Bertz CT molecular complexity index is 1980. The number of nitrogens with one attached hydrogen (secondary N) is 3. The number of rotatable bonds is 10. The molecule has 0 aliphatic carbocycles. The first kappa shape index (κ1) is 39.1. The fourth-order valence-corrected chi connectivity index (χ4v) is 5.40. The Morgan fingerprint density at radius 1 is 1.00 bits per heavy atom. The highest BCUT2D eigenvalue weighted by atomic mass is 79.9. The molecule has 0 aliphatic rings. The van der Waals surface area contributed by atoms with Crippen molar-refractivity contribution in [2.75, 3.05) is 29.1 Å². The molecular weight excluding hydrogens is 780 g/mol. The maximum atomic E-state index is 13.0. The second-order valence-corrected chi connectivity index (χ2v) is 11.7. The van der Waals surface area contributed by atoms with Crippen molar-refractivity contribution in [1.82, 2.24) is 19.7 Å². The van der Waals surface area contributed by atoms with Gasteiger partial charge in [0.2, 0.25) is 11.8 Å². The lowest BCUT2D eigenvalue weighted by molar-refractivity contribution is -0.122. The number of ether oxygens (including phenoxy) is 1. The van der Waals surface area contributed by atoms with Gasteiger partial charge in [-0.3, -0.25) is 19.0 Å². The minimum absolute atomic E-state index is 0. The molecular formula is C33H30BrCl4N7O4. The molecule has 3 aromatic heterocycles. The van der Waals surface area contributed by atoms with E-state index in [2.05, 4.69) is 41.8 Å². The van der Waals surface area contributed by atoms with Crippen LogP contribution in [-0.2, 0) is 16.2 Å². The SMILES string of the molecule is Cc1nc2c(OCc3c(Cl)ccc(N(C)C(=O)CNC(=O)C=Cc4ccc(NC(=O)Nc5cccnc5)cc4)c3Cl)cccn2c1Br.Cl.Cl. The van der Waals surface area contributed by atoms with Crippen molar-refractivity contribution in [2.45, 2.75) is 13.5 Å². The quantitative estimate of drug-likeness (QED) is 0.123. The number of anilines is 3. The molecule has 0 spiro atoms. The van der Waals surface area contributed by atoms with Crippen LogP contribution in [-0.4, -0.2) is 45.8 Å². The van der Waals surface area contributed by atoms with Crippen LogP contribution < -0.4 is 25.6 Å². The molecule has 0 aliphatic heterocycles. The number of amides is 4. The number of urea groups is 1. The number of nitrogens with zero attached hydrogens (tertiary/aromatic N) is 4. The van der Waals surface area contributed by atoms with Crippen molar-refractivity contribution in [1.29, 1.82) is 0 Å². The number of aromatic nitrogens is 3. The molecule has 4 amide bonds. The summed E-state index contributed by atoms with van der Waals surface area (Å²) in [6.07, 6.45) is 7.93. The Balaban J connectivity index is 0.00000325. The summed E-state index contributed by atoms with van der Waals surface area (Å²) in [5.41, 5.74) is 4.20. The van der Waals surface area contributed by atoms with Crippen LogP contribution in [0.2, 0.25) is 10.0 Å². The van der Waals surface area contributed by atoms with Crippen LogP contribution in [0.25, 0.3) is 11.7 Å². The Morgan fingerprint density at radius 3 is 2.45 bits per heavy atom. The van der Waals surface area contributed by atoms with Gasteiger partial charge in [-0.1, -0.05) is 35.3 Å². The zero-order chi connectivity index (χ0) is 33.5. The number of carbonyl (C=O) groups excluding carboxylic acids is 3. The zero-order valence-corrected chi connectivity index (χ0v) is 30.7. The molecule has 49 heavy (non-hydrogen) atoms. The third kappa shape index (κ3) is 9.87. The number of imidazole rings is 1. The van der Waals surface area contributed by atoms with E-state index in [1.54, 1.807) is 73.9 Å². The lowest BCUT2D eigenvalue weighted by atomic mass is 10.2. The highest BCUT2D eigenvalue weighted by molar-refractivity contribution is 9.10. The molecule has 11 nitrogen and oxygen atoms in total. The van der Waals surface area contributed by atoms with E-state index in [0.29, 0.717) is 39.0 Å². The number of hydrogen-bond acceptors (Lipinski definition) is 6.